The van der Waals surface area contributed by atoms with Gasteiger partial charge in [-0.2, -0.15) is 0 Å². The van der Waals surface area contributed by atoms with E-state index in [1.54, 1.807) is 17.9 Å². The second-order valence-electron chi connectivity index (χ2n) is 5.42. The number of amides is 2. The molecule has 0 N–H and O–H groups in total. The summed E-state index contributed by atoms with van der Waals surface area (Å²) >= 11 is 4.04. The highest BCUT2D eigenvalue weighted by molar-refractivity contribution is 7.80. The number of hydrogen-bond donors (Lipinski definition) is 1. The zero-order valence-electron chi connectivity index (χ0n) is 13.8. The molecule has 0 bridgehead atoms. The number of nitro benzene ring substituents is 1. The predicted molar refractivity (Wildman–Crippen MR) is 94.6 cm³/mol. The van der Waals surface area contributed by atoms with Gasteiger partial charge in [0.25, 0.3) is 11.6 Å². The third kappa shape index (κ3) is 4.30. The maximum Gasteiger partial charge on any atom is 0.409 e. The largest absolute Gasteiger partial charge is 0.450 e. The highest BCUT2D eigenvalue weighted by Gasteiger charge is 2.27. The van der Waals surface area contributed by atoms with Crippen molar-refractivity contribution < 1.29 is 19.2 Å². The number of hydrogen-bond acceptors (Lipinski definition) is 6. The Balaban J connectivity index is 2.04. The number of piperazine rings is 1. The minimum Gasteiger partial charge on any atom is -0.450 e. The molecule has 2 rings (SSSR count). The third-order valence-corrected chi connectivity index (χ3v) is 4.25. The van der Waals surface area contributed by atoms with Gasteiger partial charge in [0.1, 0.15) is 0 Å². The molecule has 1 saturated heterocycles. The van der Waals surface area contributed by atoms with Crippen LogP contribution in [0.25, 0.3) is 5.57 Å². The van der Waals surface area contributed by atoms with Crippen LogP contribution < -0.4 is 0 Å². The lowest BCUT2D eigenvalue weighted by molar-refractivity contribution is -0.387. The van der Waals surface area contributed by atoms with Gasteiger partial charge in [-0.3, -0.25) is 14.9 Å². The molecule has 0 radical (unpaired) electrons. The molecule has 0 spiro atoms. The van der Waals surface area contributed by atoms with Crippen molar-refractivity contribution in [2.75, 3.05) is 32.8 Å². The van der Waals surface area contributed by atoms with Crippen molar-refractivity contribution in [3.05, 3.63) is 40.5 Å². The van der Waals surface area contributed by atoms with Crippen LogP contribution in [-0.2, 0) is 9.53 Å². The van der Waals surface area contributed by atoms with Crippen LogP contribution in [-0.4, -0.2) is 59.5 Å². The Morgan fingerprint density at radius 3 is 2.44 bits per heavy atom. The van der Waals surface area contributed by atoms with Crippen LogP contribution in [0, 0.1) is 10.1 Å². The smallest absolute Gasteiger partial charge is 0.409 e. The predicted octanol–water partition coefficient (Wildman–Crippen LogP) is 2.20. The van der Waals surface area contributed by atoms with E-state index in [0.717, 1.165) is 0 Å². The van der Waals surface area contributed by atoms with Crippen molar-refractivity contribution in [2.45, 2.75) is 11.8 Å². The SMILES string of the molecule is C=C(C(=O)N1CCN(C(=O)OCC)CC1)c1ccc(S)c([N+](=O)[O-])c1. The summed E-state index contributed by atoms with van der Waals surface area (Å²) in [5.41, 5.74) is 0.366. The maximum atomic E-state index is 12.6. The molecule has 1 aromatic carbocycles. The number of carbonyl (C=O) groups is 2. The molecule has 0 saturated carbocycles. The minimum absolute atomic E-state index is 0.168. The molecule has 134 valence electrons. The average Bonchev–Trinajstić information content (AvgIpc) is 2.61. The normalized spacial score (nSPS) is 14.2. The van der Waals surface area contributed by atoms with Gasteiger partial charge < -0.3 is 14.5 Å². The van der Waals surface area contributed by atoms with E-state index in [2.05, 4.69) is 19.2 Å². The van der Waals surface area contributed by atoms with E-state index in [1.165, 1.54) is 17.0 Å². The van der Waals surface area contributed by atoms with Gasteiger partial charge in [-0.15, -0.1) is 12.6 Å². The molecular weight excluding hydrogens is 346 g/mol. The molecule has 0 atom stereocenters. The number of nitro groups is 1. The highest BCUT2D eigenvalue weighted by Crippen LogP contribution is 2.27. The molecular formula is C16H19N3O5S. The van der Waals surface area contributed by atoms with E-state index >= 15 is 0 Å². The van der Waals surface area contributed by atoms with Crippen molar-refractivity contribution >= 4 is 35.9 Å². The van der Waals surface area contributed by atoms with Gasteiger partial charge in [0.15, 0.2) is 0 Å². The molecule has 9 heteroatoms. The number of rotatable bonds is 4. The Morgan fingerprint density at radius 1 is 1.28 bits per heavy atom. The maximum absolute atomic E-state index is 12.6. The van der Waals surface area contributed by atoms with Crippen molar-refractivity contribution in [2.24, 2.45) is 0 Å². The number of nitrogens with zero attached hydrogens (tertiary/aromatic N) is 3. The minimum atomic E-state index is -0.554. The quantitative estimate of drug-likeness (QED) is 0.382. The fourth-order valence-electron chi connectivity index (χ4n) is 2.48. The van der Waals surface area contributed by atoms with Gasteiger partial charge in [-0.1, -0.05) is 12.6 Å². The number of ether oxygens (including phenoxy) is 1. The summed E-state index contributed by atoms with van der Waals surface area (Å²) in [6.07, 6.45) is -0.395. The zero-order valence-corrected chi connectivity index (χ0v) is 14.7. The monoisotopic (exact) mass is 365 g/mol. The summed E-state index contributed by atoms with van der Waals surface area (Å²) in [5.74, 6) is -0.315. The lowest BCUT2D eigenvalue weighted by Gasteiger charge is -2.34. The second kappa shape index (κ2) is 8.02. The Bertz CT molecular complexity index is 714. The first kappa shape index (κ1) is 18.8. The molecule has 1 aliphatic rings. The summed E-state index contributed by atoms with van der Waals surface area (Å²) in [6.45, 7) is 7.24. The highest BCUT2D eigenvalue weighted by atomic mass is 32.1. The van der Waals surface area contributed by atoms with Crippen LogP contribution in [0.3, 0.4) is 0 Å². The van der Waals surface area contributed by atoms with Crippen molar-refractivity contribution in [3.63, 3.8) is 0 Å². The number of carbonyl (C=O) groups excluding carboxylic acids is 2. The van der Waals surface area contributed by atoms with Crippen LogP contribution >= 0.6 is 12.6 Å². The van der Waals surface area contributed by atoms with E-state index in [-0.39, 0.29) is 22.1 Å². The molecule has 8 nitrogen and oxygen atoms in total. The van der Waals surface area contributed by atoms with E-state index in [1.807, 2.05) is 0 Å². The van der Waals surface area contributed by atoms with Crippen LogP contribution in [0.15, 0.2) is 29.7 Å². The fraction of sp³-hybridized carbons (Fsp3) is 0.375. The first-order valence-corrected chi connectivity index (χ1v) is 8.17. The van der Waals surface area contributed by atoms with Crippen molar-refractivity contribution in [3.8, 4) is 0 Å². The molecule has 0 unspecified atom stereocenters. The molecule has 1 aromatic rings. The summed E-state index contributed by atoms with van der Waals surface area (Å²) < 4.78 is 4.94. The van der Waals surface area contributed by atoms with E-state index in [9.17, 15) is 19.7 Å². The standard InChI is InChI=1S/C16H19N3O5S/c1-3-24-16(21)18-8-6-17(7-9-18)15(20)11(2)12-4-5-14(25)13(10-12)19(22)23/h4-5,10,25H,2-3,6-9H2,1H3. The molecule has 1 fully saturated rings. The zero-order chi connectivity index (χ0) is 18.6. The molecule has 1 heterocycles. The average molecular weight is 365 g/mol. The summed E-state index contributed by atoms with van der Waals surface area (Å²) in [7, 11) is 0. The van der Waals surface area contributed by atoms with Gasteiger partial charge in [0, 0.05) is 37.8 Å². The van der Waals surface area contributed by atoms with Gasteiger partial charge in [-0.25, -0.2) is 4.79 Å². The van der Waals surface area contributed by atoms with Crippen LogP contribution in [0.5, 0.6) is 0 Å². The molecule has 25 heavy (non-hydrogen) atoms. The number of thiol groups is 1. The number of benzene rings is 1. The van der Waals surface area contributed by atoms with Crippen molar-refractivity contribution in [1.82, 2.24) is 9.80 Å². The van der Waals surface area contributed by atoms with E-state index < -0.39 is 11.0 Å². The Kier molecular flexibility index (Phi) is 6.02. The summed E-state index contributed by atoms with van der Waals surface area (Å²) in [4.78, 5) is 38.0. The first-order valence-electron chi connectivity index (χ1n) is 7.72. The topological polar surface area (TPSA) is 93.0 Å². The van der Waals surface area contributed by atoms with E-state index in [0.29, 0.717) is 38.3 Å². The first-order chi connectivity index (χ1) is 11.8. The summed E-state index contributed by atoms with van der Waals surface area (Å²) in [5, 5.41) is 11.0. The Labute approximate surface area is 150 Å². The Hall–Kier alpha value is -2.55. The third-order valence-electron chi connectivity index (χ3n) is 3.87. The van der Waals surface area contributed by atoms with Crippen LogP contribution in [0.4, 0.5) is 10.5 Å². The lowest BCUT2D eigenvalue weighted by Crippen LogP contribution is -2.50. The fourth-order valence-corrected chi connectivity index (χ4v) is 2.70. The van der Waals surface area contributed by atoms with Gasteiger partial charge in [0.05, 0.1) is 16.4 Å². The molecule has 0 aliphatic carbocycles. The second-order valence-corrected chi connectivity index (χ2v) is 5.90. The van der Waals surface area contributed by atoms with Crippen molar-refractivity contribution in [1.29, 1.82) is 0 Å². The Morgan fingerprint density at radius 2 is 1.88 bits per heavy atom. The summed E-state index contributed by atoms with van der Waals surface area (Å²) in [6, 6.07) is 4.33. The van der Waals surface area contributed by atoms with Gasteiger partial charge in [0.2, 0.25) is 0 Å². The van der Waals surface area contributed by atoms with Crippen LogP contribution in [0.1, 0.15) is 12.5 Å². The molecule has 0 aromatic heterocycles. The molecule has 2 amide bonds. The van der Waals surface area contributed by atoms with E-state index in [4.69, 9.17) is 4.74 Å². The molecule has 1 aliphatic heterocycles. The lowest BCUT2D eigenvalue weighted by atomic mass is 10.1. The van der Waals surface area contributed by atoms with Gasteiger partial charge in [-0.05, 0) is 18.6 Å². The van der Waals surface area contributed by atoms with Crippen LogP contribution in [0.2, 0.25) is 0 Å². The van der Waals surface area contributed by atoms with Gasteiger partial charge >= 0.3 is 6.09 Å².